The minimum Gasteiger partial charge on any atom is -0.468 e. The summed E-state index contributed by atoms with van der Waals surface area (Å²) in [6, 6.07) is 32.1. The van der Waals surface area contributed by atoms with E-state index in [1.807, 2.05) is 12.4 Å². The predicted molar refractivity (Wildman–Crippen MR) is 136 cm³/mol. The molecule has 0 aliphatic carbocycles. The van der Waals surface area contributed by atoms with E-state index in [-0.39, 0.29) is 6.04 Å². The van der Waals surface area contributed by atoms with E-state index in [1.54, 1.807) is 6.26 Å². The van der Waals surface area contributed by atoms with Gasteiger partial charge in [0.15, 0.2) is 0 Å². The second-order valence-electron chi connectivity index (χ2n) is 8.89. The number of anilines is 1. The number of piperazine rings is 1. The Morgan fingerprint density at radius 1 is 0.765 bits per heavy atom. The van der Waals surface area contributed by atoms with Crippen molar-refractivity contribution in [1.82, 2.24) is 14.5 Å². The maximum atomic E-state index is 5.53. The number of furan rings is 1. The molecule has 5 heteroatoms. The van der Waals surface area contributed by atoms with Crippen LogP contribution in [0.3, 0.4) is 0 Å². The molecule has 6 rings (SSSR count). The van der Waals surface area contributed by atoms with Gasteiger partial charge in [0.1, 0.15) is 5.76 Å². The van der Waals surface area contributed by atoms with Crippen LogP contribution in [0, 0.1) is 0 Å². The van der Waals surface area contributed by atoms with Gasteiger partial charge in [-0.2, -0.15) is 0 Å². The fourth-order valence-electron chi connectivity index (χ4n) is 4.99. The van der Waals surface area contributed by atoms with E-state index in [9.17, 15) is 0 Å². The molecule has 5 nitrogen and oxygen atoms in total. The molecule has 0 unspecified atom stereocenters. The molecule has 1 fully saturated rings. The van der Waals surface area contributed by atoms with Crippen molar-refractivity contribution < 1.29 is 4.42 Å². The standard InChI is InChI=1S/C29H28N4O/c1-3-8-23(9-4-1)29(24-10-5-2-6-11-24)33-22-30-27-14-13-25(20-28(27)33)32-17-15-31(16-18-32)21-26-12-7-19-34-26/h1-14,19-20,22,29H,15-18,21H2. The molecule has 2 aromatic heterocycles. The summed E-state index contributed by atoms with van der Waals surface area (Å²) in [4.78, 5) is 9.70. The molecule has 1 saturated heterocycles. The Balaban J connectivity index is 1.30. The van der Waals surface area contributed by atoms with Crippen molar-refractivity contribution in [1.29, 1.82) is 0 Å². The fraction of sp³-hybridized carbons (Fsp3) is 0.207. The van der Waals surface area contributed by atoms with Crippen LogP contribution < -0.4 is 4.90 Å². The monoisotopic (exact) mass is 448 g/mol. The van der Waals surface area contributed by atoms with E-state index >= 15 is 0 Å². The molecule has 0 spiro atoms. The van der Waals surface area contributed by atoms with Crippen LogP contribution in [0.5, 0.6) is 0 Å². The number of fused-ring (bicyclic) bond motifs is 1. The summed E-state index contributed by atoms with van der Waals surface area (Å²) < 4.78 is 7.85. The SMILES string of the molecule is c1ccc(C(c2ccccc2)n2cnc3ccc(N4CCN(Cc5ccco5)CC4)cc32)cc1. The highest BCUT2D eigenvalue weighted by molar-refractivity contribution is 5.80. The normalized spacial score (nSPS) is 14.8. The fourth-order valence-corrected chi connectivity index (χ4v) is 4.99. The van der Waals surface area contributed by atoms with Crippen LogP contribution in [0.15, 0.2) is 108 Å². The smallest absolute Gasteiger partial charge is 0.117 e. The third-order valence-corrected chi connectivity index (χ3v) is 6.76. The topological polar surface area (TPSA) is 37.4 Å². The number of benzene rings is 3. The number of imidazole rings is 1. The summed E-state index contributed by atoms with van der Waals surface area (Å²) in [6.07, 6.45) is 3.74. The van der Waals surface area contributed by atoms with Crippen LogP contribution in [-0.4, -0.2) is 40.6 Å². The van der Waals surface area contributed by atoms with Gasteiger partial charge in [0.25, 0.3) is 0 Å². The number of nitrogens with zero attached hydrogens (tertiary/aromatic N) is 4. The Kier molecular flexibility index (Phi) is 5.61. The van der Waals surface area contributed by atoms with Gasteiger partial charge in [-0.25, -0.2) is 4.98 Å². The van der Waals surface area contributed by atoms with Crippen LogP contribution in [0.2, 0.25) is 0 Å². The number of rotatable bonds is 6. The van der Waals surface area contributed by atoms with Gasteiger partial charge >= 0.3 is 0 Å². The molecule has 5 aromatic rings. The largest absolute Gasteiger partial charge is 0.468 e. The van der Waals surface area contributed by atoms with Gasteiger partial charge in [-0.05, 0) is 41.5 Å². The zero-order chi connectivity index (χ0) is 22.7. The first-order valence-corrected chi connectivity index (χ1v) is 11.9. The van der Waals surface area contributed by atoms with E-state index in [1.165, 1.54) is 16.8 Å². The Labute approximate surface area is 199 Å². The lowest BCUT2D eigenvalue weighted by Crippen LogP contribution is -2.45. The van der Waals surface area contributed by atoms with Gasteiger partial charge in [0.05, 0.1) is 36.2 Å². The highest BCUT2D eigenvalue weighted by Crippen LogP contribution is 2.32. The first kappa shape index (κ1) is 20.8. The van der Waals surface area contributed by atoms with E-state index in [0.29, 0.717) is 0 Å². The van der Waals surface area contributed by atoms with E-state index in [0.717, 1.165) is 49.5 Å². The second-order valence-corrected chi connectivity index (χ2v) is 8.89. The first-order chi connectivity index (χ1) is 16.8. The van der Waals surface area contributed by atoms with Gasteiger partial charge in [-0.1, -0.05) is 60.7 Å². The minimum atomic E-state index is 0.0767. The Hall–Kier alpha value is -3.83. The summed E-state index contributed by atoms with van der Waals surface area (Å²) in [5, 5.41) is 0. The Bertz CT molecular complexity index is 1300. The average molecular weight is 449 g/mol. The van der Waals surface area contributed by atoms with Crippen molar-refractivity contribution in [3.63, 3.8) is 0 Å². The molecule has 0 amide bonds. The highest BCUT2D eigenvalue weighted by Gasteiger charge is 2.21. The van der Waals surface area contributed by atoms with Crippen molar-refractivity contribution in [2.75, 3.05) is 31.1 Å². The quantitative estimate of drug-likeness (QED) is 0.339. The van der Waals surface area contributed by atoms with Crippen LogP contribution in [0.1, 0.15) is 22.9 Å². The third kappa shape index (κ3) is 4.11. The molecule has 0 bridgehead atoms. The van der Waals surface area contributed by atoms with Crippen molar-refractivity contribution in [2.45, 2.75) is 12.6 Å². The Morgan fingerprint density at radius 3 is 2.12 bits per heavy atom. The predicted octanol–water partition coefficient (Wildman–Crippen LogP) is 5.59. The van der Waals surface area contributed by atoms with Gasteiger partial charge in [0, 0.05) is 31.9 Å². The summed E-state index contributed by atoms with van der Waals surface area (Å²) in [7, 11) is 0. The van der Waals surface area contributed by atoms with Crippen molar-refractivity contribution >= 4 is 16.7 Å². The molecule has 0 radical (unpaired) electrons. The lowest BCUT2D eigenvalue weighted by Gasteiger charge is -2.35. The molecule has 170 valence electrons. The van der Waals surface area contributed by atoms with Crippen LogP contribution in [0.4, 0.5) is 5.69 Å². The van der Waals surface area contributed by atoms with Crippen molar-refractivity contribution in [3.05, 3.63) is 120 Å². The summed E-state index contributed by atoms with van der Waals surface area (Å²) >= 11 is 0. The lowest BCUT2D eigenvalue weighted by molar-refractivity contribution is 0.230. The zero-order valence-corrected chi connectivity index (χ0v) is 19.1. The third-order valence-electron chi connectivity index (χ3n) is 6.76. The van der Waals surface area contributed by atoms with Gasteiger partial charge in [0.2, 0.25) is 0 Å². The van der Waals surface area contributed by atoms with Crippen molar-refractivity contribution in [2.24, 2.45) is 0 Å². The van der Waals surface area contributed by atoms with Gasteiger partial charge in [-0.15, -0.1) is 0 Å². The number of aromatic nitrogens is 2. The van der Waals surface area contributed by atoms with E-state index in [2.05, 4.69) is 99.3 Å². The summed E-state index contributed by atoms with van der Waals surface area (Å²) in [6.45, 7) is 4.92. The molecule has 0 N–H and O–H groups in total. The molecule has 0 saturated carbocycles. The summed E-state index contributed by atoms with van der Waals surface area (Å²) in [5.74, 6) is 1.03. The zero-order valence-electron chi connectivity index (χ0n) is 19.1. The molecule has 3 heterocycles. The van der Waals surface area contributed by atoms with Crippen LogP contribution >= 0.6 is 0 Å². The van der Waals surface area contributed by atoms with Crippen molar-refractivity contribution in [3.8, 4) is 0 Å². The molecule has 1 aliphatic heterocycles. The van der Waals surface area contributed by atoms with Gasteiger partial charge < -0.3 is 13.9 Å². The minimum absolute atomic E-state index is 0.0767. The maximum Gasteiger partial charge on any atom is 0.117 e. The van der Waals surface area contributed by atoms with Crippen LogP contribution in [0.25, 0.3) is 11.0 Å². The molecular formula is C29H28N4O. The molecule has 0 atom stereocenters. The van der Waals surface area contributed by atoms with Crippen LogP contribution in [-0.2, 0) is 6.54 Å². The second kappa shape index (κ2) is 9.20. The Morgan fingerprint density at radius 2 is 1.47 bits per heavy atom. The summed E-state index contributed by atoms with van der Waals surface area (Å²) in [5.41, 5.74) is 5.95. The maximum absolute atomic E-state index is 5.53. The molecule has 34 heavy (non-hydrogen) atoms. The number of hydrogen-bond donors (Lipinski definition) is 0. The number of hydrogen-bond acceptors (Lipinski definition) is 4. The highest BCUT2D eigenvalue weighted by atomic mass is 16.3. The van der Waals surface area contributed by atoms with E-state index in [4.69, 9.17) is 9.40 Å². The van der Waals surface area contributed by atoms with E-state index < -0.39 is 0 Å². The van der Waals surface area contributed by atoms with Gasteiger partial charge in [-0.3, -0.25) is 4.90 Å². The average Bonchev–Trinajstić information content (AvgIpc) is 3.56. The molecule has 1 aliphatic rings. The first-order valence-electron chi connectivity index (χ1n) is 11.9. The molecular weight excluding hydrogens is 420 g/mol. The molecule has 3 aromatic carbocycles. The lowest BCUT2D eigenvalue weighted by atomic mass is 9.98.